The number of hydrogen-bond donors (Lipinski definition) is 1. The molecule has 0 aliphatic carbocycles. The average molecular weight is 377 g/mol. The zero-order valence-electron chi connectivity index (χ0n) is 13.8. The summed E-state index contributed by atoms with van der Waals surface area (Å²) in [4.78, 5) is 16.7. The smallest absolute Gasteiger partial charge is 0.257 e. The molecule has 0 unspecified atom stereocenters. The van der Waals surface area contributed by atoms with Crippen LogP contribution in [0.2, 0.25) is 5.02 Å². The molecule has 0 fully saturated rings. The summed E-state index contributed by atoms with van der Waals surface area (Å²) in [5.41, 5.74) is 2.03. The molecule has 0 saturated carbocycles. The first kappa shape index (κ1) is 17.6. The van der Waals surface area contributed by atoms with Crippen molar-refractivity contribution >= 4 is 46.1 Å². The van der Waals surface area contributed by atoms with E-state index < -0.39 is 0 Å². The van der Waals surface area contributed by atoms with E-state index in [0.29, 0.717) is 33.6 Å². The van der Waals surface area contributed by atoms with Gasteiger partial charge in [-0.15, -0.1) is 0 Å². The lowest BCUT2D eigenvalue weighted by atomic mass is 10.3. The maximum absolute atomic E-state index is 12.3. The molecule has 1 heterocycles. The zero-order chi connectivity index (χ0) is 17.8. The molecule has 0 radical (unpaired) electrons. The van der Waals surface area contributed by atoms with Gasteiger partial charge in [0, 0.05) is 16.8 Å². The molecule has 3 aromatic rings. The second-order valence-electron chi connectivity index (χ2n) is 5.30. The third kappa shape index (κ3) is 4.46. The van der Waals surface area contributed by atoms with Crippen LogP contribution in [0.1, 0.15) is 13.8 Å². The molecular formula is C18H17ClN2O3S. The lowest BCUT2D eigenvalue weighted by Crippen LogP contribution is -2.22. The highest BCUT2D eigenvalue weighted by molar-refractivity contribution is 8.00. The van der Waals surface area contributed by atoms with Gasteiger partial charge in [-0.2, -0.15) is 0 Å². The number of oxazole rings is 1. The summed E-state index contributed by atoms with van der Waals surface area (Å²) >= 11 is 7.19. The van der Waals surface area contributed by atoms with Gasteiger partial charge in [0.1, 0.15) is 11.3 Å². The van der Waals surface area contributed by atoms with E-state index in [0.717, 1.165) is 5.75 Å². The third-order valence-electron chi connectivity index (χ3n) is 3.41. The molecule has 0 saturated heterocycles. The Balaban J connectivity index is 1.63. The molecule has 0 aliphatic heterocycles. The highest BCUT2D eigenvalue weighted by Crippen LogP contribution is 2.29. The van der Waals surface area contributed by atoms with Gasteiger partial charge in [0.15, 0.2) is 5.58 Å². The van der Waals surface area contributed by atoms with Crippen LogP contribution in [0.5, 0.6) is 5.75 Å². The van der Waals surface area contributed by atoms with Crippen molar-refractivity contribution in [3.63, 3.8) is 0 Å². The number of anilines is 1. The topological polar surface area (TPSA) is 64.4 Å². The van der Waals surface area contributed by atoms with Crippen LogP contribution >= 0.6 is 23.4 Å². The number of nitrogens with zero attached hydrogens (tertiary/aromatic N) is 1. The van der Waals surface area contributed by atoms with Gasteiger partial charge in [-0.25, -0.2) is 4.98 Å². The van der Waals surface area contributed by atoms with E-state index in [1.54, 1.807) is 25.1 Å². The van der Waals surface area contributed by atoms with Crippen LogP contribution in [0.25, 0.3) is 11.1 Å². The Labute approximate surface area is 154 Å². The standard InChI is InChI=1S/C18H17ClN2O3S/c1-3-23-14-7-5-13(6-8-14)20-17(22)11(2)25-18-21-15-9-4-12(19)10-16(15)24-18/h4-11H,3H2,1-2H3,(H,20,22)/t11-/m1/s1. The van der Waals surface area contributed by atoms with Crippen LogP contribution in [0, 0.1) is 0 Å². The Morgan fingerprint density at radius 2 is 2.08 bits per heavy atom. The number of hydrogen-bond acceptors (Lipinski definition) is 5. The highest BCUT2D eigenvalue weighted by Gasteiger charge is 2.18. The molecule has 0 bridgehead atoms. The lowest BCUT2D eigenvalue weighted by molar-refractivity contribution is -0.115. The number of halogens is 1. The van der Waals surface area contributed by atoms with Crippen molar-refractivity contribution < 1.29 is 13.9 Å². The van der Waals surface area contributed by atoms with E-state index in [2.05, 4.69) is 10.3 Å². The fourth-order valence-corrected chi connectivity index (χ4v) is 3.10. The van der Waals surface area contributed by atoms with Crippen molar-refractivity contribution in [3.05, 3.63) is 47.5 Å². The first-order valence-electron chi connectivity index (χ1n) is 7.81. The lowest BCUT2D eigenvalue weighted by Gasteiger charge is -2.10. The summed E-state index contributed by atoms with van der Waals surface area (Å²) in [6.07, 6.45) is 0. The van der Waals surface area contributed by atoms with Crippen molar-refractivity contribution in [2.24, 2.45) is 0 Å². The predicted molar refractivity (Wildman–Crippen MR) is 101 cm³/mol. The molecule has 1 atom stereocenters. The monoisotopic (exact) mass is 376 g/mol. The minimum atomic E-state index is -0.366. The van der Waals surface area contributed by atoms with E-state index in [1.165, 1.54) is 11.8 Å². The van der Waals surface area contributed by atoms with Crippen molar-refractivity contribution in [3.8, 4) is 5.75 Å². The van der Waals surface area contributed by atoms with Gasteiger partial charge in [-0.05, 0) is 50.2 Å². The normalized spacial score (nSPS) is 12.1. The van der Waals surface area contributed by atoms with E-state index >= 15 is 0 Å². The fraction of sp³-hybridized carbons (Fsp3) is 0.222. The molecule has 0 spiro atoms. The summed E-state index contributed by atoms with van der Waals surface area (Å²) < 4.78 is 11.0. The Bertz CT molecular complexity index is 880. The first-order chi connectivity index (χ1) is 12.0. The zero-order valence-corrected chi connectivity index (χ0v) is 15.4. The first-order valence-corrected chi connectivity index (χ1v) is 9.07. The van der Waals surface area contributed by atoms with E-state index in [9.17, 15) is 4.79 Å². The van der Waals surface area contributed by atoms with Crippen LogP contribution in [-0.4, -0.2) is 22.7 Å². The van der Waals surface area contributed by atoms with Crippen LogP contribution in [0.4, 0.5) is 5.69 Å². The van der Waals surface area contributed by atoms with Crippen molar-refractivity contribution in [2.45, 2.75) is 24.3 Å². The van der Waals surface area contributed by atoms with Gasteiger partial charge in [0.2, 0.25) is 5.91 Å². The summed E-state index contributed by atoms with van der Waals surface area (Å²) in [5, 5.41) is 3.52. The summed E-state index contributed by atoms with van der Waals surface area (Å²) in [6.45, 7) is 4.33. The molecule has 1 amide bonds. The molecule has 2 aromatic carbocycles. The minimum Gasteiger partial charge on any atom is -0.494 e. The van der Waals surface area contributed by atoms with Gasteiger partial charge < -0.3 is 14.5 Å². The Kier molecular flexibility index (Phi) is 5.50. The number of rotatable bonds is 6. The van der Waals surface area contributed by atoms with Crippen molar-refractivity contribution in [1.82, 2.24) is 4.98 Å². The second-order valence-corrected chi connectivity index (χ2v) is 7.03. The van der Waals surface area contributed by atoms with Gasteiger partial charge in [-0.1, -0.05) is 23.4 Å². The maximum Gasteiger partial charge on any atom is 0.257 e. The van der Waals surface area contributed by atoms with Crippen molar-refractivity contribution in [2.75, 3.05) is 11.9 Å². The molecule has 1 N–H and O–H groups in total. The molecular weight excluding hydrogens is 360 g/mol. The van der Waals surface area contributed by atoms with Crippen LogP contribution < -0.4 is 10.1 Å². The second kappa shape index (κ2) is 7.80. The van der Waals surface area contributed by atoms with Gasteiger partial charge in [0.25, 0.3) is 5.22 Å². The SMILES string of the molecule is CCOc1ccc(NC(=O)[C@@H](C)Sc2nc3ccc(Cl)cc3o2)cc1. The number of carbonyl (C=O) groups is 1. The number of aromatic nitrogens is 1. The van der Waals surface area contributed by atoms with Crippen LogP contribution in [0.3, 0.4) is 0 Å². The van der Waals surface area contributed by atoms with Crippen LogP contribution in [0.15, 0.2) is 52.1 Å². The molecule has 3 rings (SSSR count). The van der Waals surface area contributed by atoms with Gasteiger partial charge in [0.05, 0.1) is 11.9 Å². The van der Waals surface area contributed by atoms with E-state index in [-0.39, 0.29) is 11.2 Å². The van der Waals surface area contributed by atoms with Gasteiger partial charge in [-0.3, -0.25) is 4.79 Å². The molecule has 25 heavy (non-hydrogen) atoms. The number of fused-ring (bicyclic) bond motifs is 1. The largest absolute Gasteiger partial charge is 0.494 e. The summed E-state index contributed by atoms with van der Waals surface area (Å²) in [5.74, 6) is 0.641. The Hall–Kier alpha value is -2.18. The molecule has 130 valence electrons. The predicted octanol–water partition coefficient (Wildman–Crippen LogP) is 5.00. The average Bonchev–Trinajstić information content (AvgIpc) is 2.98. The molecule has 1 aromatic heterocycles. The number of nitrogens with one attached hydrogen (secondary N) is 1. The molecule has 0 aliphatic rings. The quantitative estimate of drug-likeness (QED) is 0.613. The van der Waals surface area contributed by atoms with E-state index in [4.69, 9.17) is 20.8 Å². The van der Waals surface area contributed by atoms with Gasteiger partial charge >= 0.3 is 0 Å². The van der Waals surface area contributed by atoms with Crippen LogP contribution in [-0.2, 0) is 4.79 Å². The fourth-order valence-electron chi connectivity index (χ4n) is 2.18. The molecule has 7 heteroatoms. The number of benzene rings is 2. The Morgan fingerprint density at radius 1 is 1.32 bits per heavy atom. The Morgan fingerprint density at radius 3 is 2.80 bits per heavy atom. The maximum atomic E-state index is 12.3. The number of carbonyl (C=O) groups excluding carboxylic acids is 1. The number of ether oxygens (including phenoxy) is 1. The number of thioether (sulfide) groups is 1. The number of amides is 1. The molecule has 5 nitrogen and oxygen atoms in total. The summed E-state index contributed by atoms with van der Waals surface area (Å²) in [7, 11) is 0. The third-order valence-corrected chi connectivity index (χ3v) is 4.59. The highest BCUT2D eigenvalue weighted by atomic mass is 35.5. The van der Waals surface area contributed by atoms with Crippen molar-refractivity contribution in [1.29, 1.82) is 0 Å². The summed E-state index contributed by atoms with van der Waals surface area (Å²) in [6, 6.07) is 12.5. The minimum absolute atomic E-state index is 0.130. The van der Waals surface area contributed by atoms with E-state index in [1.807, 2.05) is 31.2 Å².